The second kappa shape index (κ2) is 9.57. The molecule has 1 saturated heterocycles. The maximum absolute atomic E-state index is 12.4. The van der Waals surface area contributed by atoms with Gasteiger partial charge in [0.15, 0.2) is 0 Å². The van der Waals surface area contributed by atoms with Crippen LogP contribution in [0.3, 0.4) is 0 Å². The van der Waals surface area contributed by atoms with E-state index in [-0.39, 0.29) is 22.6 Å². The summed E-state index contributed by atoms with van der Waals surface area (Å²) in [4.78, 5) is 16.8. The number of likely N-dealkylation sites (N-methyl/N-ethyl adjacent to an activating group) is 1. The van der Waals surface area contributed by atoms with Crippen molar-refractivity contribution in [3.05, 3.63) is 60.2 Å². The van der Waals surface area contributed by atoms with Gasteiger partial charge in [-0.1, -0.05) is 12.1 Å². The van der Waals surface area contributed by atoms with Crippen LogP contribution in [0.1, 0.15) is 12.0 Å². The van der Waals surface area contributed by atoms with E-state index < -0.39 is 5.51 Å². The van der Waals surface area contributed by atoms with Crippen LogP contribution in [0.5, 0.6) is 0 Å². The largest absolute Gasteiger partial charge is 0.446 e. The van der Waals surface area contributed by atoms with Gasteiger partial charge < -0.3 is 15.1 Å². The molecule has 0 saturated carbocycles. The van der Waals surface area contributed by atoms with Crippen molar-refractivity contribution in [2.75, 3.05) is 37.4 Å². The second-order valence-corrected chi connectivity index (χ2v) is 8.48. The first-order valence-electron chi connectivity index (χ1n) is 9.56. The molecule has 1 aliphatic rings. The van der Waals surface area contributed by atoms with Crippen molar-refractivity contribution in [3.8, 4) is 0 Å². The van der Waals surface area contributed by atoms with E-state index >= 15 is 0 Å². The highest BCUT2D eigenvalue weighted by Crippen LogP contribution is 2.36. The molecule has 30 heavy (non-hydrogen) atoms. The van der Waals surface area contributed by atoms with Crippen molar-refractivity contribution in [3.63, 3.8) is 0 Å². The van der Waals surface area contributed by atoms with E-state index in [1.165, 1.54) is 18.2 Å². The summed E-state index contributed by atoms with van der Waals surface area (Å²) in [6.07, 6.45) is 4.06. The molecule has 0 aromatic heterocycles. The van der Waals surface area contributed by atoms with Crippen LogP contribution in [0.2, 0.25) is 0 Å². The van der Waals surface area contributed by atoms with Crippen LogP contribution in [0, 0.1) is 0 Å². The van der Waals surface area contributed by atoms with E-state index in [1.807, 2.05) is 24.3 Å². The van der Waals surface area contributed by atoms with Crippen molar-refractivity contribution >= 4 is 35.1 Å². The number of thioether (sulfide) groups is 1. The standard InChI is InChI=1S/C22H24F3N3OS/c1-27(2)19-13-14-28(15-19)18-8-6-17(7-9-18)26-21(29)12-5-16-3-10-20(11-4-16)30-22(23,24)25/h3-12,19H,13-15H2,1-2H3,(H,26,29)/b12-5+. The Morgan fingerprint density at radius 2 is 1.80 bits per heavy atom. The number of anilines is 2. The predicted molar refractivity (Wildman–Crippen MR) is 117 cm³/mol. The fraction of sp³-hybridized carbons (Fsp3) is 0.318. The second-order valence-electron chi connectivity index (χ2n) is 7.34. The molecule has 1 unspecified atom stereocenters. The van der Waals surface area contributed by atoms with Gasteiger partial charge in [0, 0.05) is 41.5 Å². The number of rotatable bonds is 6. The summed E-state index contributed by atoms with van der Waals surface area (Å²) < 4.78 is 37.1. The first-order valence-corrected chi connectivity index (χ1v) is 10.4. The molecule has 3 rings (SSSR count). The normalized spacial score (nSPS) is 17.1. The average molecular weight is 436 g/mol. The third kappa shape index (κ3) is 6.53. The molecule has 0 spiro atoms. The summed E-state index contributed by atoms with van der Waals surface area (Å²) in [6, 6.07) is 14.1. The van der Waals surface area contributed by atoms with E-state index in [0.29, 0.717) is 17.3 Å². The Morgan fingerprint density at radius 3 is 2.37 bits per heavy atom. The molecule has 1 fully saturated rings. The first kappa shape index (κ1) is 22.2. The van der Waals surface area contributed by atoms with Crippen molar-refractivity contribution in [1.82, 2.24) is 4.90 Å². The van der Waals surface area contributed by atoms with Gasteiger partial charge in [-0.05, 0) is 80.3 Å². The molecule has 1 heterocycles. The molecule has 2 aromatic rings. The van der Waals surface area contributed by atoms with E-state index in [9.17, 15) is 18.0 Å². The van der Waals surface area contributed by atoms with Gasteiger partial charge in [-0.3, -0.25) is 4.79 Å². The van der Waals surface area contributed by atoms with Crippen molar-refractivity contribution in [2.24, 2.45) is 0 Å². The number of benzene rings is 2. The van der Waals surface area contributed by atoms with Gasteiger partial charge in [0.05, 0.1) is 0 Å². The summed E-state index contributed by atoms with van der Waals surface area (Å²) in [5.41, 5.74) is -1.84. The monoisotopic (exact) mass is 435 g/mol. The molecule has 2 aromatic carbocycles. The van der Waals surface area contributed by atoms with Crippen LogP contribution in [-0.4, -0.2) is 49.5 Å². The minimum absolute atomic E-state index is 0.110. The van der Waals surface area contributed by atoms with E-state index in [0.717, 1.165) is 25.2 Å². The van der Waals surface area contributed by atoms with Crippen LogP contribution in [0.4, 0.5) is 24.5 Å². The van der Waals surface area contributed by atoms with Crippen LogP contribution in [0.25, 0.3) is 6.08 Å². The number of alkyl halides is 3. The molecule has 1 atom stereocenters. The van der Waals surface area contributed by atoms with E-state index in [2.05, 4.69) is 29.2 Å². The zero-order valence-corrected chi connectivity index (χ0v) is 17.6. The molecule has 4 nitrogen and oxygen atoms in total. The fourth-order valence-corrected chi connectivity index (χ4v) is 3.83. The Morgan fingerprint density at radius 1 is 1.13 bits per heavy atom. The van der Waals surface area contributed by atoms with Crippen molar-refractivity contribution in [2.45, 2.75) is 22.9 Å². The highest BCUT2D eigenvalue weighted by atomic mass is 32.2. The number of nitrogens with one attached hydrogen (secondary N) is 1. The maximum Gasteiger partial charge on any atom is 0.446 e. The van der Waals surface area contributed by atoms with Gasteiger partial charge in [0.25, 0.3) is 0 Å². The lowest BCUT2D eigenvalue weighted by atomic mass is 10.2. The van der Waals surface area contributed by atoms with Crippen LogP contribution < -0.4 is 10.2 Å². The highest BCUT2D eigenvalue weighted by Gasteiger charge is 2.29. The SMILES string of the molecule is CN(C)C1CCN(c2ccc(NC(=O)/C=C/c3ccc(SC(F)(F)F)cc3)cc2)C1. The summed E-state index contributed by atoms with van der Waals surface area (Å²) in [6.45, 7) is 2.00. The number of amides is 1. The number of nitrogens with zero attached hydrogens (tertiary/aromatic N) is 2. The topological polar surface area (TPSA) is 35.6 Å². The summed E-state index contributed by atoms with van der Waals surface area (Å²) in [7, 11) is 4.19. The minimum Gasteiger partial charge on any atom is -0.370 e. The molecule has 1 aliphatic heterocycles. The number of hydrogen-bond donors (Lipinski definition) is 1. The molecule has 160 valence electrons. The van der Waals surface area contributed by atoms with E-state index in [1.54, 1.807) is 18.2 Å². The molecule has 0 bridgehead atoms. The summed E-state index contributed by atoms with van der Waals surface area (Å²) in [5.74, 6) is -0.301. The van der Waals surface area contributed by atoms with Crippen LogP contribution >= 0.6 is 11.8 Å². The molecular formula is C22H24F3N3OS. The molecule has 1 amide bonds. The van der Waals surface area contributed by atoms with Crippen molar-refractivity contribution < 1.29 is 18.0 Å². The predicted octanol–water partition coefficient (Wildman–Crippen LogP) is 5.09. The lowest BCUT2D eigenvalue weighted by molar-refractivity contribution is -0.111. The molecule has 8 heteroatoms. The summed E-state index contributed by atoms with van der Waals surface area (Å²) in [5, 5.41) is 2.79. The Bertz CT molecular complexity index is 880. The third-order valence-electron chi connectivity index (χ3n) is 4.93. The lowest BCUT2D eigenvalue weighted by Gasteiger charge is -2.22. The van der Waals surface area contributed by atoms with Gasteiger partial charge in [-0.25, -0.2) is 0 Å². The Labute approximate surface area is 178 Å². The lowest BCUT2D eigenvalue weighted by Crippen LogP contribution is -2.31. The number of halogens is 3. The van der Waals surface area contributed by atoms with E-state index in [4.69, 9.17) is 0 Å². The number of carbonyl (C=O) groups excluding carboxylic acids is 1. The molecule has 0 radical (unpaired) electrons. The van der Waals surface area contributed by atoms with Gasteiger partial charge >= 0.3 is 5.51 Å². The summed E-state index contributed by atoms with van der Waals surface area (Å²) >= 11 is -0.162. The number of hydrogen-bond acceptors (Lipinski definition) is 4. The zero-order valence-electron chi connectivity index (χ0n) is 16.8. The first-order chi connectivity index (χ1) is 14.2. The number of carbonyl (C=O) groups is 1. The maximum atomic E-state index is 12.4. The minimum atomic E-state index is -4.31. The Balaban J connectivity index is 1.52. The van der Waals surface area contributed by atoms with Gasteiger partial charge in [-0.15, -0.1) is 0 Å². The van der Waals surface area contributed by atoms with Crippen molar-refractivity contribution in [1.29, 1.82) is 0 Å². The van der Waals surface area contributed by atoms with Gasteiger partial charge in [0.1, 0.15) is 0 Å². The fourth-order valence-electron chi connectivity index (χ4n) is 3.29. The Kier molecular flexibility index (Phi) is 7.10. The zero-order chi connectivity index (χ0) is 21.7. The average Bonchev–Trinajstić information content (AvgIpc) is 3.17. The molecule has 1 N–H and O–H groups in total. The molecular weight excluding hydrogens is 411 g/mol. The Hall–Kier alpha value is -2.45. The van der Waals surface area contributed by atoms with Crippen LogP contribution in [-0.2, 0) is 4.79 Å². The smallest absolute Gasteiger partial charge is 0.370 e. The molecule has 0 aliphatic carbocycles. The van der Waals surface area contributed by atoms with Gasteiger partial charge in [0.2, 0.25) is 5.91 Å². The quantitative estimate of drug-likeness (QED) is 0.506. The van der Waals surface area contributed by atoms with Crippen LogP contribution in [0.15, 0.2) is 59.5 Å². The third-order valence-corrected chi connectivity index (χ3v) is 5.67. The highest BCUT2D eigenvalue weighted by molar-refractivity contribution is 8.00. The van der Waals surface area contributed by atoms with Gasteiger partial charge in [-0.2, -0.15) is 13.2 Å².